The first-order valence-corrected chi connectivity index (χ1v) is 6.83. The molecule has 1 aliphatic rings. The Hall–Kier alpha value is -2.83. The SMILES string of the molecule is CCOC(=O)CN1CC(O)=C(/C=N\Nc2ccccc2)C1=O. The van der Waals surface area contributed by atoms with Crippen LogP contribution in [0.15, 0.2) is 46.8 Å². The lowest BCUT2D eigenvalue weighted by molar-refractivity contribution is -0.147. The second-order valence-electron chi connectivity index (χ2n) is 4.56. The molecule has 7 nitrogen and oxygen atoms in total. The molecule has 0 aliphatic carbocycles. The minimum absolute atomic E-state index is 0.0235. The van der Waals surface area contributed by atoms with Crippen LogP contribution in [-0.4, -0.2) is 47.8 Å². The first kappa shape index (κ1) is 15.6. The molecule has 1 aromatic rings. The Kier molecular flexibility index (Phi) is 5.13. The van der Waals surface area contributed by atoms with E-state index < -0.39 is 11.9 Å². The van der Waals surface area contributed by atoms with Crippen LogP contribution >= 0.6 is 0 Å². The molecule has 0 saturated carbocycles. The van der Waals surface area contributed by atoms with Crippen LogP contribution in [0.3, 0.4) is 0 Å². The Morgan fingerprint density at radius 3 is 2.86 bits per heavy atom. The van der Waals surface area contributed by atoms with Crippen molar-refractivity contribution in [1.29, 1.82) is 0 Å². The molecular formula is C15H17N3O4. The number of hydrogen-bond acceptors (Lipinski definition) is 6. The summed E-state index contributed by atoms with van der Waals surface area (Å²) in [6.07, 6.45) is 1.25. The van der Waals surface area contributed by atoms with E-state index in [1.807, 2.05) is 30.3 Å². The van der Waals surface area contributed by atoms with Crippen LogP contribution in [0.25, 0.3) is 0 Å². The highest BCUT2D eigenvalue weighted by atomic mass is 16.5. The molecule has 0 unspecified atom stereocenters. The molecule has 1 aliphatic heterocycles. The molecule has 0 saturated heterocycles. The second kappa shape index (κ2) is 7.26. The van der Waals surface area contributed by atoms with Gasteiger partial charge in [0.05, 0.1) is 30.6 Å². The fourth-order valence-corrected chi connectivity index (χ4v) is 1.94. The van der Waals surface area contributed by atoms with E-state index in [0.717, 1.165) is 5.69 Å². The van der Waals surface area contributed by atoms with E-state index in [1.165, 1.54) is 11.1 Å². The maximum absolute atomic E-state index is 12.1. The molecule has 0 spiro atoms. The van der Waals surface area contributed by atoms with Crippen molar-refractivity contribution < 1.29 is 19.4 Å². The van der Waals surface area contributed by atoms with Gasteiger partial charge in [0.2, 0.25) is 0 Å². The van der Waals surface area contributed by atoms with Crippen molar-refractivity contribution in [2.45, 2.75) is 6.92 Å². The molecule has 2 rings (SSSR count). The van der Waals surface area contributed by atoms with Crippen LogP contribution in [0.1, 0.15) is 6.92 Å². The number of nitrogens with zero attached hydrogens (tertiary/aromatic N) is 2. The number of rotatable bonds is 6. The van der Waals surface area contributed by atoms with Crippen LogP contribution in [0.2, 0.25) is 0 Å². The van der Waals surface area contributed by atoms with Gasteiger partial charge in [0, 0.05) is 0 Å². The number of benzene rings is 1. The molecule has 0 bridgehead atoms. The number of nitrogens with one attached hydrogen (secondary N) is 1. The van der Waals surface area contributed by atoms with Crippen LogP contribution in [0, 0.1) is 0 Å². The number of carbonyl (C=O) groups excluding carboxylic acids is 2. The van der Waals surface area contributed by atoms with Gasteiger partial charge < -0.3 is 14.7 Å². The number of aliphatic hydroxyl groups excluding tert-OH is 1. The Bertz CT molecular complexity index is 610. The summed E-state index contributed by atoms with van der Waals surface area (Å²) >= 11 is 0. The minimum Gasteiger partial charge on any atom is -0.510 e. The summed E-state index contributed by atoms with van der Waals surface area (Å²) in [5.41, 5.74) is 3.57. The van der Waals surface area contributed by atoms with E-state index in [2.05, 4.69) is 10.5 Å². The predicted molar refractivity (Wildman–Crippen MR) is 81.4 cm³/mol. The molecule has 7 heteroatoms. The fraction of sp³-hybridized carbons (Fsp3) is 0.267. The van der Waals surface area contributed by atoms with Crippen molar-refractivity contribution >= 4 is 23.8 Å². The van der Waals surface area contributed by atoms with Gasteiger partial charge in [-0.15, -0.1) is 0 Å². The number of anilines is 1. The lowest BCUT2D eigenvalue weighted by Gasteiger charge is -2.14. The predicted octanol–water partition coefficient (Wildman–Crippen LogP) is 1.30. The number of para-hydroxylation sites is 1. The molecule has 116 valence electrons. The summed E-state index contributed by atoms with van der Waals surface area (Å²) in [5, 5.41) is 13.7. The molecule has 22 heavy (non-hydrogen) atoms. The van der Waals surface area contributed by atoms with E-state index in [-0.39, 0.29) is 31.0 Å². The molecular weight excluding hydrogens is 286 g/mol. The van der Waals surface area contributed by atoms with Crippen LogP contribution in [-0.2, 0) is 14.3 Å². The summed E-state index contributed by atoms with van der Waals surface area (Å²) in [6.45, 7) is 1.72. The average molecular weight is 303 g/mol. The van der Waals surface area contributed by atoms with Gasteiger partial charge in [-0.3, -0.25) is 15.0 Å². The number of carbonyl (C=O) groups is 2. The number of hydrogen-bond donors (Lipinski definition) is 2. The van der Waals surface area contributed by atoms with Crippen LogP contribution < -0.4 is 5.43 Å². The Labute approximate surface area is 127 Å². The van der Waals surface area contributed by atoms with Gasteiger partial charge in [0.25, 0.3) is 5.91 Å². The third-order valence-corrected chi connectivity index (χ3v) is 2.96. The van der Waals surface area contributed by atoms with Crippen molar-refractivity contribution in [3.63, 3.8) is 0 Å². The van der Waals surface area contributed by atoms with E-state index >= 15 is 0 Å². The number of esters is 1. The van der Waals surface area contributed by atoms with Crippen LogP contribution in [0.5, 0.6) is 0 Å². The molecule has 0 atom stereocenters. The first-order chi connectivity index (χ1) is 10.6. The molecule has 2 N–H and O–H groups in total. The van der Waals surface area contributed by atoms with Gasteiger partial charge in [-0.2, -0.15) is 5.10 Å². The molecule has 0 fully saturated rings. The largest absolute Gasteiger partial charge is 0.510 e. The lowest BCUT2D eigenvalue weighted by atomic mass is 10.3. The highest BCUT2D eigenvalue weighted by molar-refractivity contribution is 6.15. The Balaban J connectivity index is 1.95. The van der Waals surface area contributed by atoms with Gasteiger partial charge in [0.1, 0.15) is 12.3 Å². The Morgan fingerprint density at radius 2 is 2.18 bits per heavy atom. The third kappa shape index (κ3) is 3.85. The van der Waals surface area contributed by atoms with E-state index in [4.69, 9.17) is 4.74 Å². The third-order valence-electron chi connectivity index (χ3n) is 2.96. The monoisotopic (exact) mass is 303 g/mol. The van der Waals surface area contributed by atoms with Crippen molar-refractivity contribution in [2.24, 2.45) is 5.10 Å². The smallest absolute Gasteiger partial charge is 0.325 e. The molecule has 1 heterocycles. The van der Waals surface area contributed by atoms with Gasteiger partial charge in [-0.25, -0.2) is 0 Å². The zero-order valence-electron chi connectivity index (χ0n) is 12.2. The number of aliphatic hydroxyl groups is 1. The summed E-state index contributed by atoms with van der Waals surface area (Å²) in [6, 6.07) is 9.19. The molecule has 0 radical (unpaired) electrons. The van der Waals surface area contributed by atoms with Gasteiger partial charge in [-0.05, 0) is 19.1 Å². The molecule has 1 aromatic carbocycles. The van der Waals surface area contributed by atoms with Crippen molar-refractivity contribution in [1.82, 2.24) is 4.90 Å². The van der Waals surface area contributed by atoms with E-state index in [0.29, 0.717) is 0 Å². The highest BCUT2D eigenvalue weighted by Gasteiger charge is 2.30. The maximum atomic E-state index is 12.1. The second-order valence-corrected chi connectivity index (χ2v) is 4.56. The van der Waals surface area contributed by atoms with Crippen molar-refractivity contribution in [2.75, 3.05) is 25.1 Å². The van der Waals surface area contributed by atoms with Crippen molar-refractivity contribution in [3.05, 3.63) is 41.7 Å². The molecule has 1 amide bonds. The van der Waals surface area contributed by atoms with Gasteiger partial charge in [0.15, 0.2) is 0 Å². The normalized spacial score (nSPS) is 14.8. The zero-order valence-corrected chi connectivity index (χ0v) is 12.2. The zero-order chi connectivity index (χ0) is 15.9. The standard InChI is InChI=1S/C15H17N3O4/c1-2-22-14(20)10-18-9-13(19)12(15(18)21)8-16-17-11-6-4-3-5-7-11/h3-8,17,19H,2,9-10H2,1H3/b16-8-. The number of hydrazone groups is 1. The van der Waals surface area contributed by atoms with Crippen LogP contribution in [0.4, 0.5) is 5.69 Å². The summed E-state index contributed by atoms with van der Waals surface area (Å²) < 4.78 is 4.78. The quantitative estimate of drug-likeness (QED) is 0.469. The summed E-state index contributed by atoms with van der Waals surface area (Å²) in [5.74, 6) is -1.08. The minimum atomic E-state index is -0.510. The molecule has 0 aromatic heterocycles. The first-order valence-electron chi connectivity index (χ1n) is 6.83. The maximum Gasteiger partial charge on any atom is 0.325 e. The summed E-state index contributed by atoms with van der Waals surface area (Å²) in [7, 11) is 0. The van der Waals surface area contributed by atoms with E-state index in [9.17, 15) is 14.7 Å². The van der Waals surface area contributed by atoms with Gasteiger partial charge in [-0.1, -0.05) is 18.2 Å². The number of amides is 1. The highest BCUT2D eigenvalue weighted by Crippen LogP contribution is 2.15. The number of ether oxygens (including phenoxy) is 1. The topological polar surface area (TPSA) is 91.2 Å². The Morgan fingerprint density at radius 1 is 1.45 bits per heavy atom. The van der Waals surface area contributed by atoms with E-state index in [1.54, 1.807) is 6.92 Å². The fourth-order valence-electron chi connectivity index (χ4n) is 1.94. The average Bonchev–Trinajstić information content (AvgIpc) is 2.76. The van der Waals surface area contributed by atoms with Gasteiger partial charge >= 0.3 is 5.97 Å². The lowest BCUT2D eigenvalue weighted by Crippen LogP contribution is -2.34. The van der Waals surface area contributed by atoms with Crippen molar-refractivity contribution in [3.8, 4) is 0 Å². The summed E-state index contributed by atoms with van der Waals surface area (Å²) in [4.78, 5) is 24.7.